The fourth-order valence-corrected chi connectivity index (χ4v) is 2.44. The lowest BCUT2D eigenvalue weighted by atomic mass is 9.93. The molecule has 1 fully saturated rings. The minimum absolute atomic E-state index is 0.107. The third kappa shape index (κ3) is 3.95. The lowest BCUT2D eigenvalue weighted by Crippen LogP contribution is -2.28. The van der Waals surface area contributed by atoms with Gasteiger partial charge >= 0.3 is 0 Å². The van der Waals surface area contributed by atoms with Gasteiger partial charge in [0, 0.05) is 17.8 Å². The number of aliphatic hydroxyl groups is 1. The summed E-state index contributed by atoms with van der Waals surface area (Å²) in [6.07, 6.45) is 6.33. The third-order valence-electron chi connectivity index (χ3n) is 3.39. The molecule has 0 amide bonds. The largest absolute Gasteiger partial charge is 0.393 e. The molecule has 0 atom stereocenters. The van der Waals surface area contributed by atoms with E-state index in [1.54, 1.807) is 6.33 Å². The number of hydrogen-bond donors (Lipinski definition) is 2. The molecule has 0 spiro atoms. The fourth-order valence-electron chi connectivity index (χ4n) is 2.44. The Kier molecular flexibility index (Phi) is 4.53. The number of aliphatic hydroxyl groups excluding tert-OH is 1. The minimum atomic E-state index is -0.107. The minimum Gasteiger partial charge on any atom is -0.393 e. The summed E-state index contributed by atoms with van der Waals surface area (Å²) < 4.78 is 0. The Morgan fingerprint density at radius 2 is 2.00 bits per heavy atom. The second-order valence-electron chi connectivity index (χ2n) is 5.64. The summed E-state index contributed by atoms with van der Waals surface area (Å²) in [7, 11) is 0. The number of anilines is 1. The Balaban J connectivity index is 1.92. The highest BCUT2D eigenvalue weighted by Crippen LogP contribution is 2.21. The number of hydrogen-bond acceptors (Lipinski definition) is 4. The fraction of sp³-hybridized carbons (Fsp3) is 0.714. The topological polar surface area (TPSA) is 58.0 Å². The zero-order chi connectivity index (χ0) is 13.0. The van der Waals surface area contributed by atoms with Crippen LogP contribution in [0.3, 0.4) is 0 Å². The third-order valence-corrected chi connectivity index (χ3v) is 3.39. The first kappa shape index (κ1) is 13.3. The standard InChI is InChI=1S/C14H23N3O/c1-10(2)7-12-8-14(16-9-15-12)17-11-3-5-13(18)6-4-11/h8-11,13,18H,3-7H2,1-2H3,(H,15,16,17). The molecule has 2 rings (SSSR count). The summed E-state index contributed by atoms with van der Waals surface area (Å²) in [6, 6.07) is 2.49. The predicted molar refractivity (Wildman–Crippen MR) is 72.5 cm³/mol. The molecule has 2 N–H and O–H groups in total. The summed E-state index contributed by atoms with van der Waals surface area (Å²) in [5.74, 6) is 1.53. The van der Waals surface area contributed by atoms with Gasteiger partial charge in [0.15, 0.2) is 0 Å². The number of nitrogens with one attached hydrogen (secondary N) is 1. The molecule has 0 aliphatic heterocycles. The van der Waals surface area contributed by atoms with Crippen LogP contribution in [0.15, 0.2) is 12.4 Å². The van der Waals surface area contributed by atoms with Gasteiger partial charge in [0.1, 0.15) is 12.1 Å². The van der Waals surface area contributed by atoms with E-state index in [2.05, 4.69) is 29.1 Å². The second kappa shape index (κ2) is 6.14. The van der Waals surface area contributed by atoms with Crippen molar-refractivity contribution in [3.05, 3.63) is 18.1 Å². The lowest BCUT2D eigenvalue weighted by molar-refractivity contribution is 0.126. The second-order valence-corrected chi connectivity index (χ2v) is 5.64. The van der Waals surface area contributed by atoms with Gasteiger partial charge in [0.25, 0.3) is 0 Å². The molecule has 0 radical (unpaired) electrons. The number of rotatable bonds is 4. The summed E-state index contributed by atoms with van der Waals surface area (Å²) >= 11 is 0. The van der Waals surface area contributed by atoms with Crippen molar-refractivity contribution in [1.82, 2.24) is 9.97 Å². The molecule has 1 aliphatic carbocycles. The van der Waals surface area contributed by atoms with E-state index < -0.39 is 0 Å². The van der Waals surface area contributed by atoms with Crippen LogP contribution in [-0.4, -0.2) is 27.2 Å². The van der Waals surface area contributed by atoms with Crippen molar-refractivity contribution in [2.24, 2.45) is 5.92 Å². The van der Waals surface area contributed by atoms with Gasteiger partial charge in [0.2, 0.25) is 0 Å². The van der Waals surface area contributed by atoms with E-state index in [9.17, 15) is 5.11 Å². The molecule has 0 aromatic carbocycles. The van der Waals surface area contributed by atoms with Gasteiger partial charge in [-0.2, -0.15) is 0 Å². The maximum atomic E-state index is 9.48. The van der Waals surface area contributed by atoms with E-state index in [0.29, 0.717) is 12.0 Å². The van der Waals surface area contributed by atoms with E-state index in [0.717, 1.165) is 43.6 Å². The van der Waals surface area contributed by atoms with E-state index in [1.165, 1.54) is 0 Å². The molecule has 100 valence electrons. The molecular weight excluding hydrogens is 226 g/mol. The van der Waals surface area contributed by atoms with Gasteiger partial charge in [0.05, 0.1) is 6.10 Å². The highest BCUT2D eigenvalue weighted by atomic mass is 16.3. The zero-order valence-corrected chi connectivity index (χ0v) is 11.3. The maximum Gasteiger partial charge on any atom is 0.129 e. The normalized spacial score (nSPS) is 24.2. The van der Waals surface area contributed by atoms with Gasteiger partial charge < -0.3 is 10.4 Å². The summed E-state index contributed by atoms with van der Waals surface area (Å²) in [5.41, 5.74) is 1.10. The smallest absolute Gasteiger partial charge is 0.129 e. The molecule has 1 saturated carbocycles. The molecule has 0 bridgehead atoms. The predicted octanol–water partition coefficient (Wildman–Crippen LogP) is 2.39. The van der Waals surface area contributed by atoms with Crippen molar-refractivity contribution in [1.29, 1.82) is 0 Å². The first-order valence-corrected chi connectivity index (χ1v) is 6.89. The van der Waals surface area contributed by atoms with Crippen LogP contribution in [0.4, 0.5) is 5.82 Å². The maximum absolute atomic E-state index is 9.48. The SMILES string of the molecule is CC(C)Cc1cc(NC2CCC(O)CC2)ncn1. The molecule has 0 saturated heterocycles. The van der Waals surface area contributed by atoms with E-state index >= 15 is 0 Å². The molecule has 1 heterocycles. The quantitative estimate of drug-likeness (QED) is 0.860. The molecule has 1 aromatic heterocycles. The molecule has 4 heteroatoms. The molecular formula is C14H23N3O. The van der Waals surface area contributed by atoms with E-state index in [-0.39, 0.29) is 6.10 Å². The Morgan fingerprint density at radius 3 is 2.67 bits per heavy atom. The van der Waals surface area contributed by atoms with Crippen LogP contribution >= 0.6 is 0 Å². The molecule has 4 nitrogen and oxygen atoms in total. The van der Waals surface area contributed by atoms with Crippen molar-refractivity contribution in [2.45, 2.75) is 58.1 Å². The Hall–Kier alpha value is -1.16. The van der Waals surface area contributed by atoms with Crippen molar-refractivity contribution in [3.63, 3.8) is 0 Å². The van der Waals surface area contributed by atoms with Crippen LogP contribution in [0.5, 0.6) is 0 Å². The molecule has 1 aromatic rings. The Labute approximate surface area is 109 Å². The Bertz CT molecular complexity index is 373. The first-order chi connectivity index (χ1) is 8.63. The summed E-state index contributed by atoms with van der Waals surface area (Å²) in [5, 5.41) is 12.9. The molecule has 1 aliphatic rings. The van der Waals surface area contributed by atoms with Gasteiger partial charge in [-0.25, -0.2) is 9.97 Å². The van der Waals surface area contributed by atoms with Crippen LogP contribution in [0.25, 0.3) is 0 Å². The number of aromatic nitrogens is 2. The van der Waals surface area contributed by atoms with Crippen LogP contribution in [-0.2, 0) is 6.42 Å². The highest BCUT2D eigenvalue weighted by molar-refractivity contribution is 5.36. The number of nitrogens with zero attached hydrogens (tertiary/aromatic N) is 2. The van der Waals surface area contributed by atoms with Crippen molar-refractivity contribution in [3.8, 4) is 0 Å². The summed E-state index contributed by atoms with van der Waals surface area (Å²) in [4.78, 5) is 8.57. The molecule has 18 heavy (non-hydrogen) atoms. The van der Waals surface area contributed by atoms with Crippen LogP contribution < -0.4 is 5.32 Å². The van der Waals surface area contributed by atoms with Crippen molar-refractivity contribution >= 4 is 5.82 Å². The monoisotopic (exact) mass is 249 g/mol. The zero-order valence-electron chi connectivity index (χ0n) is 11.3. The Morgan fingerprint density at radius 1 is 1.28 bits per heavy atom. The lowest BCUT2D eigenvalue weighted by Gasteiger charge is -2.26. The van der Waals surface area contributed by atoms with Gasteiger partial charge in [-0.3, -0.25) is 0 Å². The average Bonchev–Trinajstić information content (AvgIpc) is 2.32. The van der Waals surface area contributed by atoms with Gasteiger partial charge in [-0.1, -0.05) is 13.8 Å². The van der Waals surface area contributed by atoms with Gasteiger partial charge in [-0.15, -0.1) is 0 Å². The van der Waals surface area contributed by atoms with Crippen LogP contribution in [0.1, 0.15) is 45.2 Å². The first-order valence-electron chi connectivity index (χ1n) is 6.89. The van der Waals surface area contributed by atoms with Crippen LogP contribution in [0, 0.1) is 5.92 Å². The summed E-state index contributed by atoms with van der Waals surface area (Å²) in [6.45, 7) is 4.38. The van der Waals surface area contributed by atoms with E-state index in [1.807, 2.05) is 6.07 Å². The van der Waals surface area contributed by atoms with Crippen molar-refractivity contribution in [2.75, 3.05) is 5.32 Å². The van der Waals surface area contributed by atoms with Gasteiger partial charge in [-0.05, 0) is 38.0 Å². The highest BCUT2D eigenvalue weighted by Gasteiger charge is 2.19. The van der Waals surface area contributed by atoms with Crippen LogP contribution in [0.2, 0.25) is 0 Å². The van der Waals surface area contributed by atoms with E-state index in [4.69, 9.17) is 0 Å². The molecule has 0 unspecified atom stereocenters. The van der Waals surface area contributed by atoms with Crippen molar-refractivity contribution < 1.29 is 5.11 Å². The average molecular weight is 249 g/mol.